The van der Waals surface area contributed by atoms with Gasteiger partial charge in [0.05, 0.1) is 7.11 Å². The second-order valence-electron chi connectivity index (χ2n) is 5.69. The molecule has 1 aromatic carbocycles. The summed E-state index contributed by atoms with van der Waals surface area (Å²) >= 11 is 0. The molecule has 0 radical (unpaired) electrons. The van der Waals surface area contributed by atoms with E-state index >= 15 is 0 Å². The number of methoxy groups -OCH3 is 1. The van der Waals surface area contributed by atoms with E-state index in [0.717, 1.165) is 37.5 Å². The highest BCUT2D eigenvalue weighted by Gasteiger charge is 2.24. The van der Waals surface area contributed by atoms with Crippen LogP contribution in [0.4, 0.5) is 0 Å². The second kappa shape index (κ2) is 7.07. The van der Waals surface area contributed by atoms with Crippen LogP contribution in [0.15, 0.2) is 24.3 Å². The first-order chi connectivity index (χ1) is 9.63. The zero-order valence-corrected chi connectivity index (χ0v) is 12.9. The number of nitrogens with two attached hydrogens (primary N) is 1. The van der Waals surface area contributed by atoms with Crippen LogP contribution in [0.5, 0.6) is 5.75 Å². The molecule has 1 aliphatic rings. The van der Waals surface area contributed by atoms with Crippen LogP contribution in [0.3, 0.4) is 0 Å². The monoisotopic (exact) mass is 277 g/mol. The average Bonchev–Trinajstić information content (AvgIpc) is 2.49. The number of nitrogens with zero attached hydrogens (tertiary/aromatic N) is 2. The summed E-state index contributed by atoms with van der Waals surface area (Å²) in [5.74, 6) is 0.878. The molecule has 1 heterocycles. The molecular formula is C16H27N3O. The Bertz CT molecular complexity index is 424. The molecule has 1 aromatic rings. The van der Waals surface area contributed by atoms with Gasteiger partial charge in [-0.3, -0.25) is 4.90 Å². The molecule has 1 fully saturated rings. The van der Waals surface area contributed by atoms with Crippen LogP contribution in [-0.2, 0) is 0 Å². The van der Waals surface area contributed by atoms with Crippen molar-refractivity contribution in [2.75, 3.05) is 40.3 Å². The van der Waals surface area contributed by atoms with Gasteiger partial charge in [-0.05, 0) is 31.2 Å². The van der Waals surface area contributed by atoms with Gasteiger partial charge in [0, 0.05) is 38.3 Å². The van der Waals surface area contributed by atoms with Gasteiger partial charge in [-0.1, -0.05) is 19.1 Å². The Morgan fingerprint density at radius 3 is 2.90 bits per heavy atom. The molecule has 0 aliphatic carbocycles. The Hall–Kier alpha value is -1.10. The van der Waals surface area contributed by atoms with Crippen molar-refractivity contribution in [3.8, 4) is 5.75 Å². The lowest BCUT2D eigenvalue weighted by molar-refractivity contribution is 0.0890. The van der Waals surface area contributed by atoms with E-state index in [9.17, 15) is 0 Å². The summed E-state index contributed by atoms with van der Waals surface area (Å²) in [5, 5.41) is 0. The Labute approximate surface area is 122 Å². The van der Waals surface area contributed by atoms with E-state index in [2.05, 4.69) is 29.8 Å². The lowest BCUT2D eigenvalue weighted by Crippen LogP contribution is -2.52. The van der Waals surface area contributed by atoms with Gasteiger partial charge in [-0.2, -0.15) is 0 Å². The minimum absolute atomic E-state index is 0.0472. The summed E-state index contributed by atoms with van der Waals surface area (Å²) in [4.78, 5) is 4.94. The molecular weight excluding hydrogens is 250 g/mol. The molecule has 112 valence electrons. The number of piperazine rings is 1. The van der Waals surface area contributed by atoms with Crippen LogP contribution in [0.2, 0.25) is 0 Å². The summed E-state index contributed by atoms with van der Waals surface area (Å²) < 4.78 is 5.27. The molecule has 4 nitrogen and oxygen atoms in total. The summed E-state index contributed by atoms with van der Waals surface area (Å²) in [5.41, 5.74) is 7.51. The lowest BCUT2D eigenvalue weighted by atomic mass is 10.0. The van der Waals surface area contributed by atoms with Gasteiger partial charge >= 0.3 is 0 Å². The standard InChI is InChI=1S/C16H27N3O/c1-4-14-11-19(9-8-18(14)2)12-16(17)13-6-5-7-15(10-13)20-3/h5-7,10,14,16H,4,8-9,11-12,17H2,1-3H3. The summed E-state index contributed by atoms with van der Waals surface area (Å²) in [6, 6.07) is 8.79. The first-order valence-electron chi connectivity index (χ1n) is 7.46. The predicted octanol–water partition coefficient (Wildman–Crippen LogP) is 1.72. The normalized spacial score (nSPS) is 22.7. The maximum atomic E-state index is 6.36. The van der Waals surface area contributed by atoms with Crippen LogP contribution >= 0.6 is 0 Å². The van der Waals surface area contributed by atoms with Crippen molar-refractivity contribution < 1.29 is 4.74 Å². The molecule has 1 saturated heterocycles. The van der Waals surface area contributed by atoms with Gasteiger partial charge < -0.3 is 15.4 Å². The Kier molecular flexibility index (Phi) is 5.40. The number of hydrogen-bond acceptors (Lipinski definition) is 4. The topological polar surface area (TPSA) is 41.7 Å². The minimum Gasteiger partial charge on any atom is -0.497 e. The van der Waals surface area contributed by atoms with Crippen LogP contribution in [0.1, 0.15) is 24.9 Å². The molecule has 1 aliphatic heterocycles. The number of rotatable bonds is 5. The van der Waals surface area contributed by atoms with Crippen molar-refractivity contribution in [2.24, 2.45) is 5.73 Å². The lowest BCUT2D eigenvalue weighted by Gasteiger charge is -2.40. The van der Waals surface area contributed by atoms with Crippen molar-refractivity contribution >= 4 is 0 Å². The van der Waals surface area contributed by atoms with Crippen molar-refractivity contribution in [1.29, 1.82) is 0 Å². The van der Waals surface area contributed by atoms with E-state index in [0.29, 0.717) is 6.04 Å². The van der Waals surface area contributed by atoms with Gasteiger partial charge in [0.15, 0.2) is 0 Å². The third-order valence-corrected chi connectivity index (χ3v) is 4.31. The van der Waals surface area contributed by atoms with Gasteiger partial charge in [0.2, 0.25) is 0 Å². The molecule has 0 saturated carbocycles. The van der Waals surface area contributed by atoms with Gasteiger partial charge in [-0.25, -0.2) is 0 Å². The molecule has 2 atom stereocenters. The quantitative estimate of drug-likeness (QED) is 0.890. The third-order valence-electron chi connectivity index (χ3n) is 4.31. The molecule has 0 aromatic heterocycles. The molecule has 2 unspecified atom stereocenters. The van der Waals surface area contributed by atoms with Crippen LogP contribution < -0.4 is 10.5 Å². The van der Waals surface area contributed by atoms with Crippen molar-refractivity contribution in [3.05, 3.63) is 29.8 Å². The highest BCUT2D eigenvalue weighted by molar-refractivity contribution is 5.30. The van der Waals surface area contributed by atoms with Crippen LogP contribution in [0.25, 0.3) is 0 Å². The van der Waals surface area contributed by atoms with E-state index in [4.69, 9.17) is 10.5 Å². The number of ether oxygens (including phenoxy) is 1. The van der Waals surface area contributed by atoms with E-state index in [1.165, 1.54) is 6.42 Å². The number of benzene rings is 1. The second-order valence-corrected chi connectivity index (χ2v) is 5.69. The number of likely N-dealkylation sites (N-methyl/N-ethyl adjacent to an activating group) is 1. The molecule has 2 rings (SSSR count). The summed E-state index contributed by atoms with van der Waals surface area (Å²) in [6.45, 7) is 6.52. The Morgan fingerprint density at radius 1 is 1.40 bits per heavy atom. The molecule has 0 amide bonds. The molecule has 2 N–H and O–H groups in total. The highest BCUT2D eigenvalue weighted by Crippen LogP contribution is 2.20. The molecule has 20 heavy (non-hydrogen) atoms. The van der Waals surface area contributed by atoms with E-state index in [1.54, 1.807) is 7.11 Å². The number of hydrogen-bond donors (Lipinski definition) is 1. The smallest absolute Gasteiger partial charge is 0.119 e. The maximum absolute atomic E-state index is 6.36. The summed E-state index contributed by atoms with van der Waals surface area (Å²) in [6.07, 6.45) is 1.20. The zero-order valence-electron chi connectivity index (χ0n) is 12.9. The highest BCUT2D eigenvalue weighted by atomic mass is 16.5. The SMILES string of the molecule is CCC1CN(CC(N)c2cccc(OC)c2)CCN1C. The molecule has 0 spiro atoms. The molecule has 4 heteroatoms. The minimum atomic E-state index is 0.0472. The Balaban J connectivity index is 1.95. The average molecular weight is 277 g/mol. The van der Waals surface area contributed by atoms with E-state index in [1.807, 2.05) is 18.2 Å². The fraction of sp³-hybridized carbons (Fsp3) is 0.625. The third kappa shape index (κ3) is 3.72. The maximum Gasteiger partial charge on any atom is 0.119 e. The zero-order chi connectivity index (χ0) is 14.5. The first-order valence-corrected chi connectivity index (χ1v) is 7.46. The van der Waals surface area contributed by atoms with Crippen molar-refractivity contribution in [3.63, 3.8) is 0 Å². The van der Waals surface area contributed by atoms with Crippen LogP contribution in [0, 0.1) is 0 Å². The molecule has 0 bridgehead atoms. The van der Waals surface area contributed by atoms with Crippen molar-refractivity contribution in [1.82, 2.24) is 9.80 Å². The van der Waals surface area contributed by atoms with Gasteiger partial charge in [-0.15, -0.1) is 0 Å². The first kappa shape index (κ1) is 15.3. The fourth-order valence-corrected chi connectivity index (χ4v) is 2.87. The largest absolute Gasteiger partial charge is 0.497 e. The fourth-order valence-electron chi connectivity index (χ4n) is 2.87. The predicted molar refractivity (Wildman–Crippen MR) is 83.1 cm³/mol. The van der Waals surface area contributed by atoms with E-state index < -0.39 is 0 Å². The Morgan fingerprint density at radius 2 is 2.20 bits per heavy atom. The van der Waals surface area contributed by atoms with E-state index in [-0.39, 0.29) is 6.04 Å². The van der Waals surface area contributed by atoms with Gasteiger partial charge in [0.25, 0.3) is 0 Å². The summed E-state index contributed by atoms with van der Waals surface area (Å²) in [7, 11) is 3.91. The van der Waals surface area contributed by atoms with Crippen LogP contribution in [-0.4, -0.2) is 56.2 Å². The van der Waals surface area contributed by atoms with Gasteiger partial charge in [0.1, 0.15) is 5.75 Å². The van der Waals surface area contributed by atoms with Crippen molar-refractivity contribution in [2.45, 2.75) is 25.4 Å².